The maximum absolute atomic E-state index is 15.4. The zero-order chi connectivity index (χ0) is 42.7. The molecule has 4 aromatic rings. The Morgan fingerprint density at radius 1 is 0.750 bits per heavy atom. The van der Waals surface area contributed by atoms with E-state index in [1.165, 1.54) is 35.2 Å². The van der Waals surface area contributed by atoms with Crippen molar-refractivity contribution in [3.63, 3.8) is 0 Å². The number of halogens is 6. The molecule has 4 aliphatic heterocycles. The van der Waals surface area contributed by atoms with Crippen LogP contribution in [0.2, 0.25) is 0 Å². The summed E-state index contributed by atoms with van der Waals surface area (Å²) in [4.78, 5) is 33.2. The Kier molecular flexibility index (Phi) is 11.1. The maximum Gasteiger partial charge on any atom is 0.418 e. The lowest BCUT2D eigenvalue weighted by atomic mass is 9.85. The first-order valence-electron chi connectivity index (χ1n) is 20.2. The first kappa shape index (κ1) is 42.0. The summed E-state index contributed by atoms with van der Waals surface area (Å²) in [5, 5.41) is 11.9. The summed E-state index contributed by atoms with van der Waals surface area (Å²) in [6, 6.07) is 9.52. The molecule has 2 saturated heterocycles. The van der Waals surface area contributed by atoms with E-state index in [0.717, 1.165) is 45.7 Å². The van der Waals surface area contributed by atoms with E-state index in [4.69, 9.17) is 0 Å². The SMILES string of the molecule is CCN1CCc2c(C(=O)N3CCC(c4cccc(-n5nc(C(=O)N6CCC(c7ccccc7C(F)(F)F)CC6)c6c5CN(S(C)(=O)=O)CC6)c4C(F)(F)F)CC3)n[nH]c2C1. The van der Waals surface area contributed by atoms with Crippen molar-refractivity contribution in [2.45, 2.75) is 82.7 Å². The van der Waals surface area contributed by atoms with Gasteiger partial charge in [-0.25, -0.2) is 13.1 Å². The second-order valence-corrected chi connectivity index (χ2v) is 18.1. The maximum atomic E-state index is 15.4. The second kappa shape index (κ2) is 15.9. The van der Waals surface area contributed by atoms with Gasteiger partial charge in [0.2, 0.25) is 10.0 Å². The van der Waals surface area contributed by atoms with Crippen LogP contribution >= 0.6 is 0 Å². The predicted octanol–water partition coefficient (Wildman–Crippen LogP) is 6.37. The van der Waals surface area contributed by atoms with Crippen LogP contribution in [-0.4, -0.2) is 111 Å². The summed E-state index contributed by atoms with van der Waals surface area (Å²) in [7, 11) is -3.79. The Labute approximate surface area is 343 Å². The highest BCUT2D eigenvalue weighted by Crippen LogP contribution is 2.44. The number of hydrogen-bond donors (Lipinski definition) is 1. The molecule has 6 heterocycles. The molecule has 0 atom stereocenters. The quantitative estimate of drug-likeness (QED) is 0.214. The average molecular weight is 861 g/mol. The molecule has 0 radical (unpaired) electrons. The molecule has 0 saturated carbocycles. The molecule has 60 heavy (non-hydrogen) atoms. The number of amides is 2. The summed E-state index contributed by atoms with van der Waals surface area (Å²) in [6.45, 7) is 4.67. The van der Waals surface area contributed by atoms with Gasteiger partial charge in [0.25, 0.3) is 11.8 Å². The molecule has 12 nitrogen and oxygen atoms in total. The average Bonchev–Trinajstić information content (AvgIpc) is 3.83. The fourth-order valence-corrected chi connectivity index (χ4v) is 10.2. The smallest absolute Gasteiger partial charge is 0.337 e. The highest BCUT2D eigenvalue weighted by molar-refractivity contribution is 7.88. The molecule has 19 heteroatoms. The molecule has 4 aliphatic rings. The van der Waals surface area contributed by atoms with Crippen LogP contribution in [0.25, 0.3) is 5.69 Å². The third kappa shape index (κ3) is 7.95. The number of carbonyl (C=O) groups excluding carboxylic acids is 2. The van der Waals surface area contributed by atoms with E-state index >= 15 is 13.2 Å². The number of nitrogens with zero attached hydrogens (tertiary/aromatic N) is 7. The number of hydrogen-bond acceptors (Lipinski definition) is 7. The Hall–Kier alpha value is -4.75. The summed E-state index contributed by atoms with van der Waals surface area (Å²) < 4.78 is 115. The molecule has 0 spiro atoms. The van der Waals surface area contributed by atoms with Crippen molar-refractivity contribution < 1.29 is 44.3 Å². The standard InChI is InChI=1S/C41H46F6N8O4S/c1-3-51-17-15-29-32(23-51)48-49-36(29)38(56)52-20-13-26(14-21-52)28-8-6-10-33(35(28)41(45,46)47)55-34-24-54(60(2,58)59)22-16-30(34)37(50-55)39(57)53-18-11-25(12-19-53)27-7-4-5-9-31(27)40(42,43)44/h4-10,25-26H,3,11-24H2,1-2H3,(H,48,49). The minimum Gasteiger partial charge on any atom is -0.337 e. The van der Waals surface area contributed by atoms with Crippen LogP contribution < -0.4 is 0 Å². The lowest BCUT2D eigenvalue weighted by molar-refractivity contribution is -0.139. The normalized spacial score (nSPS) is 19.1. The topological polar surface area (TPSA) is 128 Å². The summed E-state index contributed by atoms with van der Waals surface area (Å²) in [5.41, 5.74) is 0.612. The van der Waals surface area contributed by atoms with Crippen molar-refractivity contribution in [2.75, 3.05) is 52.1 Å². The van der Waals surface area contributed by atoms with Crippen LogP contribution in [-0.2, 0) is 48.3 Å². The van der Waals surface area contributed by atoms with E-state index in [9.17, 15) is 31.2 Å². The van der Waals surface area contributed by atoms with Crippen LogP contribution in [0.1, 0.15) is 110 Å². The molecule has 2 aromatic carbocycles. The van der Waals surface area contributed by atoms with E-state index < -0.39 is 51.2 Å². The number of carbonyl (C=O) groups is 2. The molecular formula is C41H46F6N8O4S. The number of H-pyrrole nitrogens is 1. The monoisotopic (exact) mass is 860 g/mol. The number of sulfonamides is 1. The van der Waals surface area contributed by atoms with E-state index in [0.29, 0.717) is 24.2 Å². The minimum absolute atomic E-state index is 0.0121. The van der Waals surface area contributed by atoms with Gasteiger partial charge in [-0.15, -0.1) is 0 Å². The number of aromatic nitrogens is 4. The van der Waals surface area contributed by atoms with Gasteiger partial charge in [-0.05, 0) is 80.2 Å². The molecule has 2 aromatic heterocycles. The van der Waals surface area contributed by atoms with Crippen molar-refractivity contribution in [3.05, 3.63) is 98.6 Å². The number of aromatic amines is 1. The summed E-state index contributed by atoms with van der Waals surface area (Å²) in [6.07, 6.45) is -6.77. The lowest BCUT2D eigenvalue weighted by Gasteiger charge is -2.34. The van der Waals surface area contributed by atoms with E-state index in [-0.39, 0.29) is 105 Å². The van der Waals surface area contributed by atoms with Crippen molar-refractivity contribution in [3.8, 4) is 5.69 Å². The van der Waals surface area contributed by atoms with Gasteiger partial charge in [0.05, 0.1) is 41.0 Å². The summed E-state index contributed by atoms with van der Waals surface area (Å²) >= 11 is 0. The van der Waals surface area contributed by atoms with E-state index in [1.807, 2.05) is 0 Å². The number of likely N-dealkylation sites (N-methyl/N-ethyl adjacent to an activating group) is 1. The first-order chi connectivity index (χ1) is 28.4. The number of alkyl halides is 6. The second-order valence-electron chi connectivity index (χ2n) is 16.1. The van der Waals surface area contributed by atoms with Gasteiger partial charge < -0.3 is 9.80 Å². The third-order valence-corrected chi connectivity index (χ3v) is 13.9. The number of rotatable bonds is 7. The van der Waals surface area contributed by atoms with Gasteiger partial charge in [0.15, 0.2) is 11.4 Å². The largest absolute Gasteiger partial charge is 0.418 e. The molecule has 2 amide bonds. The van der Waals surface area contributed by atoms with Crippen molar-refractivity contribution in [1.82, 2.24) is 39.0 Å². The molecule has 0 unspecified atom stereocenters. The van der Waals surface area contributed by atoms with Gasteiger partial charge in [-0.3, -0.25) is 19.6 Å². The van der Waals surface area contributed by atoms with Crippen LogP contribution in [0.5, 0.6) is 0 Å². The number of benzene rings is 2. The number of piperidine rings is 2. The number of likely N-dealkylation sites (tertiary alicyclic amines) is 2. The van der Waals surface area contributed by atoms with E-state index in [1.54, 1.807) is 11.0 Å². The van der Waals surface area contributed by atoms with Gasteiger partial charge in [-0.1, -0.05) is 37.3 Å². The van der Waals surface area contributed by atoms with Crippen molar-refractivity contribution in [1.29, 1.82) is 0 Å². The molecule has 8 rings (SSSR count). The van der Waals surface area contributed by atoms with Gasteiger partial charge >= 0.3 is 12.4 Å². The van der Waals surface area contributed by atoms with Gasteiger partial charge in [0, 0.05) is 56.9 Å². The Bertz CT molecular complexity index is 2400. The molecular weight excluding hydrogens is 815 g/mol. The van der Waals surface area contributed by atoms with Gasteiger partial charge in [0.1, 0.15) is 0 Å². The minimum atomic E-state index is -4.89. The third-order valence-electron chi connectivity index (χ3n) is 12.7. The van der Waals surface area contributed by atoms with Crippen LogP contribution in [0.3, 0.4) is 0 Å². The molecule has 2 fully saturated rings. The zero-order valence-electron chi connectivity index (χ0n) is 33.2. The molecule has 1 N–H and O–H groups in total. The predicted molar refractivity (Wildman–Crippen MR) is 208 cm³/mol. The van der Waals surface area contributed by atoms with Crippen LogP contribution in [0, 0.1) is 0 Å². The summed E-state index contributed by atoms with van der Waals surface area (Å²) in [5.74, 6) is -1.89. The molecule has 0 aliphatic carbocycles. The van der Waals surface area contributed by atoms with Crippen molar-refractivity contribution >= 4 is 21.8 Å². The highest BCUT2D eigenvalue weighted by atomic mass is 32.2. The van der Waals surface area contributed by atoms with Crippen molar-refractivity contribution in [2.24, 2.45) is 0 Å². The fraction of sp³-hybridized carbons (Fsp3) is 0.512. The highest BCUT2D eigenvalue weighted by Gasteiger charge is 2.43. The van der Waals surface area contributed by atoms with Crippen LogP contribution in [0.4, 0.5) is 26.3 Å². The van der Waals surface area contributed by atoms with E-state index in [2.05, 4.69) is 27.1 Å². The van der Waals surface area contributed by atoms with Gasteiger partial charge in [-0.2, -0.15) is 40.8 Å². The van der Waals surface area contributed by atoms with Crippen LogP contribution in [0.15, 0.2) is 42.5 Å². The first-order valence-corrected chi connectivity index (χ1v) is 22.1. The zero-order valence-corrected chi connectivity index (χ0v) is 34.1. The molecule has 0 bridgehead atoms. The lowest BCUT2D eigenvalue weighted by Crippen LogP contribution is -2.39. The fourth-order valence-electron chi connectivity index (χ4n) is 9.45. The Morgan fingerprint density at radius 3 is 1.97 bits per heavy atom. The Morgan fingerprint density at radius 2 is 1.35 bits per heavy atom. The number of nitrogens with one attached hydrogen (secondary N) is 1. The number of fused-ring (bicyclic) bond motifs is 2. The Balaban J connectivity index is 1.08. The molecule has 322 valence electrons.